The first-order valence-corrected chi connectivity index (χ1v) is 6.39. The summed E-state index contributed by atoms with van der Waals surface area (Å²) in [6.07, 6.45) is 0.332. The summed E-state index contributed by atoms with van der Waals surface area (Å²) >= 11 is 0. The van der Waals surface area contributed by atoms with E-state index in [1.54, 1.807) is 25.2 Å². The van der Waals surface area contributed by atoms with Gasteiger partial charge in [0.15, 0.2) is 11.5 Å². The molecule has 6 nitrogen and oxygen atoms in total. The van der Waals surface area contributed by atoms with Crippen molar-refractivity contribution in [3.8, 4) is 11.5 Å². The number of nitrogens with zero attached hydrogens (tertiary/aromatic N) is 1. The highest BCUT2D eigenvalue weighted by Gasteiger charge is 2.20. The van der Waals surface area contributed by atoms with E-state index in [4.69, 9.17) is 9.47 Å². The summed E-state index contributed by atoms with van der Waals surface area (Å²) in [5.41, 5.74) is 0.936. The predicted molar refractivity (Wildman–Crippen MR) is 72.6 cm³/mol. The topological polar surface area (TPSA) is 67.9 Å². The molecule has 0 radical (unpaired) electrons. The largest absolute Gasteiger partial charge is 0.493 e. The molecular weight excluding hydrogens is 260 g/mol. The van der Waals surface area contributed by atoms with Gasteiger partial charge in [-0.25, -0.2) is 0 Å². The molecular formula is C14H18N2O4. The van der Waals surface area contributed by atoms with Crippen LogP contribution < -0.4 is 14.8 Å². The number of ether oxygens (including phenoxy) is 2. The molecule has 0 atom stereocenters. The van der Waals surface area contributed by atoms with Gasteiger partial charge in [0, 0.05) is 19.5 Å². The zero-order chi connectivity index (χ0) is 14.5. The van der Waals surface area contributed by atoms with E-state index in [1.807, 2.05) is 12.1 Å². The van der Waals surface area contributed by atoms with Gasteiger partial charge >= 0.3 is 0 Å². The minimum atomic E-state index is -0.0897. The maximum Gasteiger partial charge on any atom is 0.242 e. The molecule has 6 heteroatoms. The molecule has 1 aliphatic heterocycles. The summed E-state index contributed by atoms with van der Waals surface area (Å²) in [5, 5.41) is 2.58. The molecule has 0 spiro atoms. The fourth-order valence-corrected chi connectivity index (χ4v) is 2.10. The van der Waals surface area contributed by atoms with Crippen LogP contribution in [0.25, 0.3) is 0 Å². The van der Waals surface area contributed by atoms with Crippen LogP contribution in [-0.4, -0.2) is 44.0 Å². The van der Waals surface area contributed by atoms with E-state index in [2.05, 4.69) is 5.32 Å². The van der Waals surface area contributed by atoms with Gasteiger partial charge in [0.25, 0.3) is 0 Å². The van der Waals surface area contributed by atoms with Crippen molar-refractivity contribution in [1.29, 1.82) is 0 Å². The Hall–Kier alpha value is -2.24. The predicted octanol–water partition coefficient (Wildman–Crippen LogP) is 0.552. The van der Waals surface area contributed by atoms with Crippen molar-refractivity contribution in [3.05, 3.63) is 23.8 Å². The van der Waals surface area contributed by atoms with Gasteiger partial charge < -0.3 is 19.7 Å². The average Bonchev–Trinajstić information content (AvgIpc) is 2.62. The molecule has 0 saturated carbocycles. The highest BCUT2D eigenvalue weighted by atomic mass is 16.5. The molecule has 1 aromatic carbocycles. The first kappa shape index (κ1) is 14.2. The molecule has 1 heterocycles. The second-order valence-corrected chi connectivity index (χ2v) is 4.53. The molecule has 108 valence electrons. The summed E-state index contributed by atoms with van der Waals surface area (Å²) in [6.45, 7) is 0.944. The fourth-order valence-electron chi connectivity index (χ4n) is 2.10. The number of benzene rings is 1. The smallest absolute Gasteiger partial charge is 0.242 e. The van der Waals surface area contributed by atoms with Crippen LogP contribution >= 0.6 is 0 Å². The van der Waals surface area contributed by atoms with Crippen LogP contribution in [0.4, 0.5) is 0 Å². The first-order chi connectivity index (χ1) is 9.63. The van der Waals surface area contributed by atoms with E-state index in [-0.39, 0.29) is 18.4 Å². The molecule has 1 aliphatic rings. The van der Waals surface area contributed by atoms with Crippen molar-refractivity contribution in [2.45, 2.75) is 13.0 Å². The second-order valence-electron chi connectivity index (χ2n) is 4.53. The van der Waals surface area contributed by atoms with Gasteiger partial charge in [-0.05, 0) is 17.7 Å². The number of carbonyl (C=O) groups excluding carboxylic acids is 2. The first-order valence-electron chi connectivity index (χ1n) is 6.39. The molecule has 1 saturated heterocycles. The summed E-state index contributed by atoms with van der Waals surface area (Å²) in [7, 11) is 3.15. The van der Waals surface area contributed by atoms with E-state index < -0.39 is 0 Å². The molecule has 20 heavy (non-hydrogen) atoms. The SMILES string of the molecule is COc1ccc(CN2CCC(=O)NCC2=O)cc1OC. The van der Waals surface area contributed by atoms with Gasteiger partial charge in [0.2, 0.25) is 11.8 Å². The second kappa shape index (κ2) is 6.27. The van der Waals surface area contributed by atoms with Crippen LogP contribution in [0.1, 0.15) is 12.0 Å². The number of rotatable bonds is 4. The lowest BCUT2D eigenvalue weighted by atomic mass is 10.2. The molecule has 1 aromatic rings. The van der Waals surface area contributed by atoms with Gasteiger partial charge in [-0.15, -0.1) is 0 Å². The minimum absolute atomic E-state index is 0.0616. The van der Waals surface area contributed by atoms with Gasteiger partial charge in [0.05, 0.1) is 20.8 Å². The van der Waals surface area contributed by atoms with Crippen LogP contribution in [0.5, 0.6) is 11.5 Å². The zero-order valence-corrected chi connectivity index (χ0v) is 11.6. The van der Waals surface area contributed by atoms with E-state index >= 15 is 0 Å². The highest BCUT2D eigenvalue weighted by molar-refractivity contribution is 5.87. The molecule has 2 rings (SSSR count). The Morgan fingerprint density at radius 2 is 1.95 bits per heavy atom. The molecule has 0 aromatic heterocycles. The van der Waals surface area contributed by atoms with Crippen LogP contribution in [0.15, 0.2) is 18.2 Å². The van der Waals surface area contributed by atoms with Crippen LogP contribution in [0, 0.1) is 0 Å². The molecule has 0 aliphatic carbocycles. The summed E-state index contributed by atoms with van der Waals surface area (Å²) < 4.78 is 10.4. The van der Waals surface area contributed by atoms with Crippen molar-refractivity contribution < 1.29 is 19.1 Å². The monoisotopic (exact) mass is 278 g/mol. The minimum Gasteiger partial charge on any atom is -0.493 e. The highest BCUT2D eigenvalue weighted by Crippen LogP contribution is 2.28. The lowest BCUT2D eigenvalue weighted by Gasteiger charge is -2.20. The van der Waals surface area contributed by atoms with E-state index in [0.29, 0.717) is 31.0 Å². The lowest BCUT2D eigenvalue weighted by Crippen LogP contribution is -2.34. The molecule has 0 bridgehead atoms. The maximum atomic E-state index is 11.9. The van der Waals surface area contributed by atoms with Crippen molar-refractivity contribution >= 4 is 11.8 Å². The normalized spacial score (nSPS) is 15.6. The average molecular weight is 278 g/mol. The standard InChI is InChI=1S/C14H18N2O4/c1-19-11-4-3-10(7-12(11)20-2)9-16-6-5-13(17)15-8-14(16)18/h3-4,7H,5-6,8-9H2,1-2H3,(H,15,17). The third-order valence-corrected chi connectivity index (χ3v) is 3.22. The number of methoxy groups -OCH3 is 2. The van der Waals surface area contributed by atoms with Gasteiger partial charge in [0.1, 0.15) is 0 Å². The summed E-state index contributed by atoms with van der Waals surface area (Å²) in [4.78, 5) is 24.8. The Balaban J connectivity index is 2.12. The fraction of sp³-hybridized carbons (Fsp3) is 0.429. The van der Waals surface area contributed by atoms with Crippen molar-refractivity contribution in [1.82, 2.24) is 10.2 Å². The Morgan fingerprint density at radius 3 is 2.65 bits per heavy atom. The van der Waals surface area contributed by atoms with Crippen LogP contribution in [0.2, 0.25) is 0 Å². The molecule has 1 N–H and O–H groups in total. The van der Waals surface area contributed by atoms with E-state index in [1.165, 1.54) is 0 Å². The number of carbonyl (C=O) groups is 2. The number of nitrogens with one attached hydrogen (secondary N) is 1. The van der Waals surface area contributed by atoms with Gasteiger partial charge in [-0.2, -0.15) is 0 Å². The van der Waals surface area contributed by atoms with E-state index in [0.717, 1.165) is 5.56 Å². The number of hydrogen-bond acceptors (Lipinski definition) is 4. The van der Waals surface area contributed by atoms with E-state index in [9.17, 15) is 9.59 Å². The third kappa shape index (κ3) is 3.20. The number of amides is 2. The van der Waals surface area contributed by atoms with Crippen LogP contribution in [-0.2, 0) is 16.1 Å². The lowest BCUT2D eigenvalue weighted by molar-refractivity contribution is -0.130. The summed E-state index contributed by atoms with van der Waals surface area (Å²) in [6, 6.07) is 5.53. The Kier molecular flexibility index (Phi) is 4.45. The maximum absolute atomic E-state index is 11.9. The quantitative estimate of drug-likeness (QED) is 0.873. The van der Waals surface area contributed by atoms with Gasteiger partial charge in [-0.3, -0.25) is 9.59 Å². The van der Waals surface area contributed by atoms with Crippen molar-refractivity contribution in [2.24, 2.45) is 0 Å². The Labute approximate surface area is 117 Å². The van der Waals surface area contributed by atoms with Crippen LogP contribution in [0.3, 0.4) is 0 Å². The van der Waals surface area contributed by atoms with Crippen molar-refractivity contribution in [2.75, 3.05) is 27.3 Å². The third-order valence-electron chi connectivity index (χ3n) is 3.22. The zero-order valence-electron chi connectivity index (χ0n) is 11.6. The van der Waals surface area contributed by atoms with Crippen molar-refractivity contribution in [3.63, 3.8) is 0 Å². The molecule has 1 fully saturated rings. The number of hydrogen-bond donors (Lipinski definition) is 1. The Bertz CT molecular complexity index is 516. The molecule has 0 unspecified atom stereocenters. The Morgan fingerprint density at radius 1 is 1.20 bits per heavy atom. The van der Waals surface area contributed by atoms with Gasteiger partial charge in [-0.1, -0.05) is 6.07 Å². The molecule has 2 amide bonds. The summed E-state index contributed by atoms with van der Waals surface area (Å²) in [5.74, 6) is 1.11.